The second kappa shape index (κ2) is 3.84. The average Bonchev–Trinajstić information content (AvgIpc) is 1.81. The molecular weight excluding hydrogens is 269 g/mol. The lowest BCUT2D eigenvalue weighted by molar-refractivity contribution is -0.136. The summed E-state index contributed by atoms with van der Waals surface area (Å²) in [5.41, 5.74) is 1.66. The van der Waals surface area contributed by atoms with Crippen molar-refractivity contribution >= 4 is 28.6 Å². The third-order valence-corrected chi connectivity index (χ3v) is 1.89. The Kier molecular flexibility index (Phi) is 3.02. The molecule has 1 rings (SSSR count). The van der Waals surface area contributed by atoms with Crippen LogP contribution in [-0.2, 0) is 11.2 Å². The van der Waals surface area contributed by atoms with Gasteiger partial charge < -0.3 is 5.11 Å². The van der Waals surface area contributed by atoms with Crippen LogP contribution >= 0.6 is 22.6 Å². The maximum absolute atomic E-state index is 10.4. The predicted octanol–water partition coefficient (Wildman–Crippen LogP) is 1.62. The summed E-state index contributed by atoms with van der Waals surface area (Å²) in [6.07, 6.45) is 0.0688. The van der Waals surface area contributed by atoms with Crippen LogP contribution in [0.2, 0.25) is 0 Å². The molecular formula is C8H8INO2. The highest BCUT2D eigenvalue weighted by Crippen LogP contribution is 2.08. The van der Waals surface area contributed by atoms with Crippen LogP contribution in [0, 0.1) is 10.6 Å². The molecule has 1 aromatic heterocycles. The largest absolute Gasteiger partial charge is 0.481 e. The van der Waals surface area contributed by atoms with Crippen LogP contribution in [0.4, 0.5) is 0 Å². The van der Waals surface area contributed by atoms with E-state index < -0.39 is 5.97 Å². The summed E-state index contributed by atoms with van der Waals surface area (Å²) >= 11 is 2.07. The Balaban J connectivity index is 2.93. The van der Waals surface area contributed by atoms with Crippen molar-refractivity contribution in [3.05, 3.63) is 27.1 Å². The molecule has 0 aliphatic heterocycles. The van der Waals surface area contributed by atoms with Crippen LogP contribution in [0.3, 0.4) is 0 Å². The molecule has 64 valence electrons. The lowest BCUT2D eigenvalue weighted by Crippen LogP contribution is -2.01. The zero-order chi connectivity index (χ0) is 9.14. The van der Waals surface area contributed by atoms with Crippen LogP contribution in [0.1, 0.15) is 11.3 Å². The van der Waals surface area contributed by atoms with Crippen molar-refractivity contribution in [1.82, 2.24) is 4.98 Å². The fraction of sp³-hybridized carbons (Fsp3) is 0.250. The molecule has 0 aromatic carbocycles. The van der Waals surface area contributed by atoms with Crippen LogP contribution in [0.5, 0.6) is 0 Å². The number of aromatic nitrogens is 1. The highest BCUT2D eigenvalue weighted by molar-refractivity contribution is 14.1. The van der Waals surface area contributed by atoms with Gasteiger partial charge in [-0.1, -0.05) is 0 Å². The molecule has 0 aliphatic carbocycles. The third kappa shape index (κ3) is 2.77. The van der Waals surface area contributed by atoms with E-state index in [-0.39, 0.29) is 6.42 Å². The normalized spacial score (nSPS) is 9.83. The second-order valence-corrected chi connectivity index (χ2v) is 3.62. The minimum absolute atomic E-state index is 0.0688. The second-order valence-electron chi connectivity index (χ2n) is 2.51. The van der Waals surface area contributed by atoms with Gasteiger partial charge in [0, 0.05) is 5.69 Å². The van der Waals surface area contributed by atoms with E-state index in [0.29, 0.717) is 0 Å². The van der Waals surface area contributed by atoms with Gasteiger partial charge in [-0.15, -0.1) is 0 Å². The molecule has 0 saturated heterocycles. The number of carbonyl (C=O) groups is 1. The van der Waals surface area contributed by atoms with E-state index in [2.05, 4.69) is 27.6 Å². The van der Waals surface area contributed by atoms with Gasteiger partial charge in [0.2, 0.25) is 0 Å². The van der Waals surface area contributed by atoms with Crippen LogP contribution in [-0.4, -0.2) is 16.1 Å². The number of hydrogen-bond donors (Lipinski definition) is 1. The molecule has 1 heterocycles. The summed E-state index contributed by atoms with van der Waals surface area (Å²) in [4.78, 5) is 14.5. The number of aliphatic carboxylic acids is 1. The minimum Gasteiger partial charge on any atom is -0.481 e. The number of rotatable bonds is 2. The number of carboxylic acids is 1. The zero-order valence-electron chi connectivity index (χ0n) is 6.54. The summed E-state index contributed by atoms with van der Waals surface area (Å²) in [5, 5.41) is 8.53. The Hall–Kier alpha value is -0.650. The van der Waals surface area contributed by atoms with Crippen LogP contribution in [0.25, 0.3) is 0 Å². The van der Waals surface area contributed by atoms with Crippen LogP contribution < -0.4 is 0 Å². The summed E-state index contributed by atoms with van der Waals surface area (Å²) in [6, 6.07) is 3.57. The van der Waals surface area contributed by atoms with Gasteiger partial charge in [0.25, 0.3) is 0 Å². The van der Waals surface area contributed by atoms with Gasteiger partial charge in [-0.2, -0.15) is 0 Å². The van der Waals surface area contributed by atoms with Crippen molar-refractivity contribution in [2.24, 2.45) is 0 Å². The fourth-order valence-electron chi connectivity index (χ4n) is 0.973. The molecule has 0 bridgehead atoms. The van der Waals surface area contributed by atoms with E-state index in [1.54, 1.807) is 12.1 Å². The number of aryl methyl sites for hydroxylation is 1. The van der Waals surface area contributed by atoms with Crippen molar-refractivity contribution in [3.8, 4) is 0 Å². The molecule has 3 nitrogen and oxygen atoms in total. The fourth-order valence-corrected chi connectivity index (χ4v) is 1.75. The topological polar surface area (TPSA) is 50.2 Å². The molecule has 0 aliphatic rings. The molecule has 0 spiro atoms. The first kappa shape index (κ1) is 9.44. The quantitative estimate of drug-likeness (QED) is 0.660. The molecule has 1 aromatic rings. The Morgan fingerprint density at radius 1 is 1.67 bits per heavy atom. The maximum atomic E-state index is 10.4. The van der Waals surface area contributed by atoms with Crippen molar-refractivity contribution < 1.29 is 9.90 Å². The highest BCUT2D eigenvalue weighted by atomic mass is 127. The SMILES string of the molecule is Cc1cc(CC(=O)O)cc(I)n1. The first-order valence-corrected chi connectivity index (χ1v) is 4.50. The predicted molar refractivity (Wildman–Crippen MR) is 53.0 cm³/mol. The van der Waals surface area contributed by atoms with Crippen molar-refractivity contribution in [2.45, 2.75) is 13.3 Å². The van der Waals surface area contributed by atoms with E-state index >= 15 is 0 Å². The third-order valence-electron chi connectivity index (χ3n) is 1.34. The van der Waals surface area contributed by atoms with Gasteiger partial charge >= 0.3 is 5.97 Å². The number of halogens is 1. The Labute approximate surface area is 84.0 Å². The number of carboxylic acid groups (broad SMARTS) is 1. The Morgan fingerprint density at radius 2 is 2.33 bits per heavy atom. The first-order chi connectivity index (χ1) is 5.58. The van der Waals surface area contributed by atoms with Gasteiger partial charge in [0.05, 0.1) is 6.42 Å². The molecule has 0 radical (unpaired) electrons. The van der Waals surface area contributed by atoms with E-state index in [9.17, 15) is 4.79 Å². The zero-order valence-corrected chi connectivity index (χ0v) is 8.70. The van der Waals surface area contributed by atoms with Crippen molar-refractivity contribution in [1.29, 1.82) is 0 Å². The lowest BCUT2D eigenvalue weighted by atomic mass is 10.2. The highest BCUT2D eigenvalue weighted by Gasteiger charge is 2.02. The average molecular weight is 277 g/mol. The lowest BCUT2D eigenvalue weighted by Gasteiger charge is -1.99. The molecule has 1 N–H and O–H groups in total. The summed E-state index contributed by atoms with van der Waals surface area (Å²) in [5.74, 6) is -0.809. The van der Waals surface area contributed by atoms with Crippen LogP contribution in [0.15, 0.2) is 12.1 Å². The monoisotopic (exact) mass is 277 g/mol. The molecule has 12 heavy (non-hydrogen) atoms. The summed E-state index contributed by atoms with van der Waals surface area (Å²) in [7, 11) is 0. The molecule has 0 fully saturated rings. The van der Waals surface area contributed by atoms with Crippen molar-refractivity contribution in [3.63, 3.8) is 0 Å². The van der Waals surface area contributed by atoms with Crippen molar-refractivity contribution in [2.75, 3.05) is 0 Å². The van der Waals surface area contributed by atoms with Gasteiger partial charge in [0.1, 0.15) is 3.70 Å². The molecule has 4 heteroatoms. The molecule has 0 atom stereocenters. The van der Waals surface area contributed by atoms with E-state index in [4.69, 9.17) is 5.11 Å². The summed E-state index contributed by atoms with van der Waals surface area (Å²) < 4.78 is 0.837. The number of pyridine rings is 1. The van der Waals surface area contributed by atoms with Gasteiger partial charge in [-0.05, 0) is 47.2 Å². The standard InChI is InChI=1S/C8H8INO2/c1-5-2-6(4-8(11)12)3-7(9)10-5/h2-3H,4H2,1H3,(H,11,12). The molecule has 0 amide bonds. The Morgan fingerprint density at radius 3 is 2.83 bits per heavy atom. The smallest absolute Gasteiger partial charge is 0.307 e. The maximum Gasteiger partial charge on any atom is 0.307 e. The van der Waals surface area contributed by atoms with Gasteiger partial charge in [-0.3, -0.25) is 4.79 Å². The molecule has 0 saturated carbocycles. The first-order valence-electron chi connectivity index (χ1n) is 3.43. The Bertz CT molecular complexity index is 292. The molecule has 0 unspecified atom stereocenters. The minimum atomic E-state index is -0.809. The number of nitrogens with zero attached hydrogens (tertiary/aromatic N) is 1. The number of hydrogen-bond acceptors (Lipinski definition) is 2. The van der Waals surface area contributed by atoms with Gasteiger partial charge in [0.15, 0.2) is 0 Å². The summed E-state index contributed by atoms with van der Waals surface area (Å²) in [6.45, 7) is 1.85. The van der Waals surface area contributed by atoms with E-state index in [0.717, 1.165) is 15.0 Å². The van der Waals surface area contributed by atoms with E-state index in [1.165, 1.54) is 0 Å². The van der Waals surface area contributed by atoms with E-state index in [1.807, 2.05) is 6.92 Å². The van der Waals surface area contributed by atoms with Gasteiger partial charge in [-0.25, -0.2) is 4.98 Å².